The molecule has 0 aliphatic carbocycles. The highest BCUT2D eigenvalue weighted by Gasteiger charge is 2.11. The number of nitrogens with zero attached hydrogens (tertiary/aromatic N) is 5. The van der Waals surface area contributed by atoms with Crippen LogP contribution in [0.5, 0.6) is 0 Å². The molecular weight excluding hydrogens is 278 g/mol. The molecule has 4 aromatic rings. The van der Waals surface area contributed by atoms with Crippen LogP contribution in [0.2, 0.25) is 0 Å². The summed E-state index contributed by atoms with van der Waals surface area (Å²) in [5.41, 5.74) is 3.89. The molecule has 0 unspecified atom stereocenters. The number of aryl methyl sites for hydroxylation is 1. The number of rotatable bonds is 3. The summed E-state index contributed by atoms with van der Waals surface area (Å²) in [4.78, 5) is 0. The van der Waals surface area contributed by atoms with E-state index in [9.17, 15) is 0 Å². The van der Waals surface area contributed by atoms with Gasteiger partial charge in [0.15, 0.2) is 0 Å². The Kier molecular flexibility index (Phi) is 2.93. The lowest BCUT2D eigenvalue weighted by Crippen LogP contribution is -2.02. The largest absolute Gasteiger partial charge is 0.419 e. The Balaban J connectivity index is 1.63. The van der Waals surface area contributed by atoms with Gasteiger partial charge in [-0.1, -0.05) is 35.0 Å². The number of benzene rings is 2. The average Bonchev–Trinajstić information content (AvgIpc) is 3.16. The van der Waals surface area contributed by atoms with E-state index in [0.717, 1.165) is 16.6 Å². The van der Waals surface area contributed by atoms with Gasteiger partial charge in [-0.2, -0.15) is 0 Å². The van der Waals surface area contributed by atoms with Crippen LogP contribution in [-0.4, -0.2) is 25.2 Å². The minimum absolute atomic E-state index is 0.402. The first-order chi connectivity index (χ1) is 10.8. The van der Waals surface area contributed by atoms with Gasteiger partial charge in [0.25, 0.3) is 0 Å². The van der Waals surface area contributed by atoms with Crippen LogP contribution in [0, 0.1) is 6.92 Å². The Labute approximate surface area is 126 Å². The molecule has 0 spiro atoms. The molecule has 0 saturated carbocycles. The van der Waals surface area contributed by atoms with Gasteiger partial charge >= 0.3 is 0 Å². The van der Waals surface area contributed by atoms with Crippen molar-refractivity contribution in [1.82, 2.24) is 25.2 Å². The zero-order valence-corrected chi connectivity index (χ0v) is 12.0. The summed E-state index contributed by atoms with van der Waals surface area (Å²) in [5, 5.41) is 16.4. The molecule has 0 aliphatic rings. The zero-order chi connectivity index (χ0) is 14.9. The third-order valence-electron chi connectivity index (χ3n) is 3.47. The van der Waals surface area contributed by atoms with Crippen molar-refractivity contribution in [2.45, 2.75) is 13.5 Å². The monoisotopic (exact) mass is 291 g/mol. The molecule has 6 nitrogen and oxygen atoms in total. The van der Waals surface area contributed by atoms with Gasteiger partial charge in [-0.25, -0.2) is 4.68 Å². The fourth-order valence-electron chi connectivity index (χ4n) is 2.29. The van der Waals surface area contributed by atoms with E-state index in [2.05, 4.69) is 20.5 Å². The minimum atomic E-state index is 0.402. The summed E-state index contributed by atoms with van der Waals surface area (Å²) in [6.07, 6.45) is 0. The summed E-state index contributed by atoms with van der Waals surface area (Å²) in [6.45, 7) is 2.44. The van der Waals surface area contributed by atoms with Crippen molar-refractivity contribution < 1.29 is 4.42 Å². The number of para-hydroxylation sites is 1. The summed E-state index contributed by atoms with van der Waals surface area (Å²) in [6, 6.07) is 15.7. The van der Waals surface area contributed by atoms with Gasteiger partial charge in [0, 0.05) is 5.56 Å². The highest BCUT2D eigenvalue weighted by atomic mass is 16.4. The van der Waals surface area contributed by atoms with Crippen LogP contribution < -0.4 is 0 Å². The van der Waals surface area contributed by atoms with Gasteiger partial charge < -0.3 is 4.42 Å². The molecule has 0 N–H and O–H groups in total. The Bertz CT molecular complexity index is 923. The number of aromatic nitrogens is 5. The topological polar surface area (TPSA) is 69.6 Å². The zero-order valence-electron chi connectivity index (χ0n) is 12.0. The first-order valence-corrected chi connectivity index (χ1v) is 6.97. The summed E-state index contributed by atoms with van der Waals surface area (Å²) >= 11 is 0. The van der Waals surface area contributed by atoms with Crippen LogP contribution in [-0.2, 0) is 6.54 Å². The summed E-state index contributed by atoms with van der Waals surface area (Å²) in [5.74, 6) is 1.02. The van der Waals surface area contributed by atoms with Crippen molar-refractivity contribution in [3.8, 4) is 11.5 Å². The lowest BCUT2D eigenvalue weighted by atomic mass is 10.1. The maximum atomic E-state index is 5.72. The fraction of sp³-hybridized carbons (Fsp3) is 0.125. The van der Waals surface area contributed by atoms with Gasteiger partial charge in [-0.05, 0) is 31.2 Å². The SMILES string of the molecule is Cc1ccc(-c2nnc(Cn3nnc4ccccc43)o2)cc1. The predicted molar refractivity (Wildman–Crippen MR) is 81.1 cm³/mol. The Morgan fingerprint density at radius 1 is 0.955 bits per heavy atom. The molecule has 0 aliphatic heterocycles. The van der Waals surface area contributed by atoms with E-state index in [1.165, 1.54) is 5.56 Å². The molecular formula is C16H13N5O. The van der Waals surface area contributed by atoms with Crippen LogP contribution in [0.25, 0.3) is 22.5 Å². The normalized spacial score (nSPS) is 11.1. The van der Waals surface area contributed by atoms with Crippen LogP contribution in [0.15, 0.2) is 52.9 Å². The maximum Gasteiger partial charge on any atom is 0.247 e. The molecule has 0 bridgehead atoms. The second kappa shape index (κ2) is 5.07. The Morgan fingerprint density at radius 2 is 1.77 bits per heavy atom. The van der Waals surface area contributed by atoms with Crippen molar-refractivity contribution in [2.24, 2.45) is 0 Å². The smallest absolute Gasteiger partial charge is 0.247 e. The van der Waals surface area contributed by atoms with E-state index in [4.69, 9.17) is 4.42 Å². The lowest BCUT2D eigenvalue weighted by molar-refractivity contribution is 0.474. The van der Waals surface area contributed by atoms with Crippen molar-refractivity contribution in [2.75, 3.05) is 0 Å². The molecule has 0 radical (unpaired) electrons. The minimum Gasteiger partial charge on any atom is -0.419 e. The molecule has 0 atom stereocenters. The first-order valence-electron chi connectivity index (χ1n) is 6.97. The molecule has 2 aromatic heterocycles. The third-order valence-corrected chi connectivity index (χ3v) is 3.47. The number of hydrogen-bond acceptors (Lipinski definition) is 5. The molecule has 6 heteroatoms. The fourth-order valence-corrected chi connectivity index (χ4v) is 2.29. The van der Waals surface area contributed by atoms with E-state index < -0.39 is 0 Å². The maximum absolute atomic E-state index is 5.72. The molecule has 108 valence electrons. The van der Waals surface area contributed by atoms with Crippen molar-refractivity contribution in [1.29, 1.82) is 0 Å². The number of hydrogen-bond donors (Lipinski definition) is 0. The first kappa shape index (κ1) is 12.7. The van der Waals surface area contributed by atoms with E-state index in [-0.39, 0.29) is 0 Å². The second-order valence-electron chi connectivity index (χ2n) is 5.10. The third kappa shape index (κ3) is 2.24. The number of fused-ring (bicyclic) bond motifs is 1. The van der Waals surface area contributed by atoms with Crippen LogP contribution in [0.3, 0.4) is 0 Å². The highest BCUT2D eigenvalue weighted by molar-refractivity contribution is 5.73. The average molecular weight is 291 g/mol. The van der Waals surface area contributed by atoms with E-state index in [1.54, 1.807) is 4.68 Å². The molecule has 0 fully saturated rings. The van der Waals surface area contributed by atoms with Gasteiger partial charge in [-0.15, -0.1) is 15.3 Å². The lowest BCUT2D eigenvalue weighted by Gasteiger charge is -1.97. The summed E-state index contributed by atoms with van der Waals surface area (Å²) < 4.78 is 7.47. The molecule has 2 aromatic carbocycles. The molecule has 4 rings (SSSR count). The van der Waals surface area contributed by atoms with Crippen molar-refractivity contribution >= 4 is 11.0 Å². The molecule has 2 heterocycles. The van der Waals surface area contributed by atoms with Gasteiger partial charge in [-0.3, -0.25) is 0 Å². The van der Waals surface area contributed by atoms with Crippen LogP contribution in [0.4, 0.5) is 0 Å². The molecule has 0 saturated heterocycles. The predicted octanol–water partition coefficient (Wildman–Crippen LogP) is 2.84. The van der Waals surface area contributed by atoms with Crippen molar-refractivity contribution in [3.63, 3.8) is 0 Å². The van der Waals surface area contributed by atoms with Gasteiger partial charge in [0.05, 0.1) is 5.52 Å². The highest BCUT2D eigenvalue weighted by Crippen LogP contribution is 2.19. The van der Waals surface area contributed by atoms with E-state index in [1.807, 2.05) is 55.5 Å². The second-order valence-corrected chi connectivity index (χ2v) is 5.10. The van der Waals surface area contributed by atoms with Crippen LogP contribution >= 0.6 is 0 Å². The standard InChI is InChI=1S/C16H13N5O/c1-11-6-8-12(9-7-11)16-19-18-15(22-16)10-21-14-5-3-2-4-13(14)17-20-21/h2-9H,10H2,1H3. The molecule has 0 amide bonds. The van der Waals surface area contributed by atoms with Crippen molar-refractivity contribution in [3.05, 3.63) is 60.0 Å². The van der Waals surface area contributed by atoms with Crippen LogP contribution in [0.1, 0.15) is 11.5 Å². The van der Waals surface area contributed by atoms with E-state index in [0.29, 0.717) is 18.3 Å². The Hall–Kier alpha value is -3.02. The quantitative estimate of drug-likeness (QED) is 0.580. The van der Waals surface area contributed by atoms with Gasteiger partial charge in [0.1, 0.15) is 12.1 Å². The molecule has 22 heavy (non-hydrogen) atoms. The Morgan fingerprint density at radius 3 is 2.64 bits per heavy atom. The van der Waals surface area contributed by atoms with Gasteiger partial charge in [0.2, 0.25) is 11.8 Å². The van der Waals surface area contributed by atoms with E-state index >= 15 is 0 Å². The summed E-state index contributed by atoms with van der Waals surface area (Å²) in [7, 11) is 0.